The predicted octanol–water partition coefficient (Wildman–Crippen LogP) is 2.48. The van der Waals surface area contributed by atoms with Crippen LogP contribution in [0.25, 0.3) is 0 Å². The standard InChI is InChI=1S/C15H19N5O2S2/c1-3-16-13(22)18-12(21)10(2)23-15-20-19-14(24-15)17-9-11-7-5-4-6-8-11/h4-8,10H,3,9H2,1-2H3,(H,17,19)(H2,16,18,21,22). The molecule has 1 aromatic carbocycles. The molecule has 2 rings (SSSR count). The molecule has 0 bridgehead atoms. The van der Waals surface area contributed by atoms with Gasteiger partial charge in [0, 0.05) is 13.1 Å². The second-order valence-electron chi connectivity index (χ2n) is 4.82. The summed E-state index contributed by atoms with van der Waals surface area (Å²) in [5.41, 5.74) is 1.15. The molecule has 0 saturated carbocycles. The third kappa shape index (κ3) is 5.82. The van der Waals surface area contributed by atoms with Crippen molar-refractivity contribution in [3.05, 3.63) is 35.9 Å². The largest absolute Gasteiger partial charge is 0.356 e. The molecule has 0 aliphatic carbocycles. The zero-order chi connectivity index (χ0) is 17.4. The number of amides is 3. The molecule has 128 valence electrons. The van der Waals surface area contributed by atoms with Crippen LogP contribution in [0.5, 0.6) is 0 Å². The molecule has 0 saturated heterocycles. The summed E-state index contributed by atoms with van der Waals surface area (Å²) in [6, 6.07) is 9.49. The molecule has 24 heavy (non-hydrogen) atoms. The second-order valence-corrected chi connectivity index (χ2v) is 7.39. The third-order valence-electron chi connectivity index (χ3n) is 2.91. The van der Waals surface area contributed by atoms with E-state index >= 15 is 0 Å². The van der Waals surface area contributed by atoms with Gasteiger partial charge in [-0.05, 0) is 19.4 Å². The number of nitrogens with zero attached hydrogens (tertiary/aromatic N) is 2. The molecule has 1 heterocycles. The van der Waals surface area contributed by atoms with Crippen LogP contribution in [-0.2, 0) is 11.3 Å². The number of aromatic nitrogens is 2. The molecule has 0 aliphatic heterocycles. The average molecular weight is 365 g/mol. The molecule has 9 heteroatoms. The van der Waals surface area contributed by atoms with Gasteiger partial charge in [-0.25, -0.2) is 4.79 Å². The van der Waals surface area contributed by atoms with Gasteiger partial charge in [-0.1, -0.05) is 53.4 Å². The van der Waals surface area contributed by atoms with Crippen LogP contribution >= 0.6 is 23.1 Å². The Labute approximate surface area is 148 Å². The Kier molecular flexibility index (Phi) is 7.01. The van der Waals surface area contributed by atoms with Gasteiger partial charge >= 0.3 is 6.03 Å². The summed E-state index contributed by atoms with van der Waals surface area (Å²) in [7, 11) is 0. The summed E-state index contributed by atoms with van der Waals surface area (Å²) in [6.45, 7) is 4.63. The second kappa shape index (κ2) is 9.24. The molecule has 0 radical (unpaired) electrons. The van der Waals surface area contributed by atoms with E-state index in [4.69, 9.17) is 0 Å². The van der Waals surface area contributed by atoms with Crippen molar-refractivity contribution in [3.8, 4) is 0 Å². The number of carbonyl (C=O) groups is 2. The van der Waals surface area contributed by atoms with Crippen LogP contribution in [0.2, 0.25) is 0 Å². The quantitative estimate of drug-likeness (QED) is 0.653. The van der Waals surface area contributed by atoms with Gasteiger partial charge in [0.2, 0.25) is 11.0 Å². The maximum Gasteiger partial charge on any atom is 0.321 e. The van der Waals surface area contributed by atoms with Gasteiger partial charge < -0.3 is 10.6 Å². The number of carbonyl (C=O) groups excluding carboxylic acids is 2. The summed E-state index contributed by atoms with van der Waals surface area (Å²) in [5, 5.41) is 16.4. The minimum atomic E-state index is -0.488. The summed E-state index contributed by atoms with van der Waals surface area (Å²) in [4.78, 5) is 23.2. The first kappa shape index (κ1) is 18.2. The zero-order valence-corrected chi connectivity index (χ0v) is 15.0. The molecule has 2 aromatic rings. The Morgan fingerprint density at radius 2 is 2.00 bits per heavy atom. The SMILES string of the molecule is CCNC(=O)NC(=O)C(C)Sc1nnc(NCc2ccccc2)s1. The molecule has 0 spiro atoms. The van der Waals surface area contributed by atoms with Crippen molar-refractivity contribution in [3.63, 3.8) is 0 Å². The molecular weight excluding hydrogens is 346 g/mol. The molecule has 0 aliphatic rings. The smallest absolute Gasteiger partial charge is 0.321 e. The number of thioether (sulfide) groups is 1. The number of hydrogen-bond donors (Lipinski definition) is 3. The number of imide groups is 1. The number of hydrogen-bond acceptors (Lipinski definition) is 7. The summed E-state index contributed by atoms with van der Waals surface area (Å²) < 4.78 is 0.670. The lowest BCUT2D eigenvalue weighted by molar-refractivity contribution is -0.119. The number of rotatable bonds is 7. The summed E-state index contributed by atoms with van der Waals surface area (Å²) >= 11 is 2.64. The van der Waals surface area contributed by atoms with E-state index in [2.05, 4.69) is 26.1 Å². The van der Waals surface area contributed by atoms with Crippen LogP contribution in [0, 0.1) is 0 Å². The third-order valence-corrected chi connectivity index (χ3v) is 4.98. The highest BCUT2D eigenvalue weighted by molar-refractivity contribution is 8.02. The molecule has 3 N–H and O–H groups in total. The Bertz CT molecular complexity index is 678. The first-order valence-corrected chi connectivity index (χ1v) is 9.14. The number of urea groups is 1. The van der Waals surface area contributed by atoms with Gasteiger partial charge in [0.05, 0.1) is 5.25 Å². The Morgan fingerprint density at radius 1 is 1.25 bits per heavy atom. The van der Waals surface area contributed by atoms with E-state index in [9.17, 15) is 9.59 Å². The fraction of sp³-hybridized carbons (Fsp3) is 0.333. The van der Waals surface area contributed by atoms with Crippen molar-refractivity contribution < 1.29 is 9.59 Å². The van der Waals surface area contributed by atoms with Crippen molar-refractivity contribution in [1.29, 1.82) is 0 Å². The lowest BCUT2D eigenvalue weighted by Crippen LogP contribution is -2.42. The van der Waals surface area contributed by atoms with Crippen LogP contribution in [0.1, 0.15) is 19.4 Å². The molecular formula is C15H19N5O2S2. The first-order chi connectivity index (χ1) is 11.6. The lowest BCUT2D eigenvalue weighted by Gasteiger charge is -2.09. The van der Waals surface area contributed by atoms with Crippen LogP contribution in [0.15, 0.2) is 34.7 Å². The highest BCUT2D eigenvalue weighted by Gasteiger charge is 2.19. The van der Waals surface area contributed by atoms with Crippen molar-refractivity contribution in [2.45, 2.75) is 30.0 Å². The van der Waals surface area contributed by atoms with Crippen LogP contribution in [0.4, 0.5) is 9.93 Å². The predicted molar refractivity (Wildman–Crippen MR) is 96.2 cm³/mol. The van der Waals surface area contributed by atoms with E-state index in [1.165, 1.54) is 23.1 Å². The number of anilines is 1. The van der Waals surface area contributed by atoms with Crippen LogP contribution in [0.3, 0.4) is 0 Å². The van der Waals surface area contributed by atoms with Gasteiger partial charge in [0.1, 0.15) is 0 Å². The Hall–Kier alpha value is -2.13. The van der Waals surface area contributed by atoms with E-state index in [1.54, 1.807) is 13.8 Å². The Morgan fingerprint density at radius 3 is 2.71 bits per heavy atom. The first-order valence-electron chi connectivity index (χ1n) is 7.45. The van der Waals surface area contributed by atoms with Crippen LogP contribution in [-0.4, -0.2) is 33.9 Å². The van der Waals surface area contributed by atoms with Gasteiger partial charge in [-0.2, -0.15) is 0 Å². The molecule has 7 nitrogen and oxygen atoms in total. The van der Waals surface area contributed by atoms with Crippen molar-refractivity contribution in [2.75, 3.05) is 11.9 Å². The summed E-state index contributed by atoms with van der Waals surface area (Å²) in [5.74, 6) is -0.361. The molecule has 3 amide bonds. The average Bonchev–Trinajstić information content (AvgIpc) is 3.01. The monoisotopic (exact) mass is 365 g/mol. The highest BCUT2D eigenvalue weighted by Crippen LogP contribution is 2.29. The zero-order valence-electron chi connectivity index (χ0n) is 13.4. The Balaban J connectivity index is 1.82. The minimum absolute atomic E-state index is 0.361. The summed E-state index contributed by atoms with van der Waals surface area (Å²) in [6.07, 6.45) is 0. The fourth-order valence-corrected chi connectivity index (χ4v) is 3.62. The van der Waals surface area contributed by atoms with E-state index in [0.717, 1.165) is 5.56 Å². The van der Waals surface area contributed by atoms with E-state index < -0.39 is 11.3 Å². The van der Waals surface area contributed by atoms with E-state index in [0.29, 0.717) is 22.6 Å². The van der Waals surface area contributed by atoms with Gasteiger partial charge in [-0.3, -0.25) is 10.1 Å². The topological polar surface area (TPSA) is 96.0 Å². The maximum atomic E-state index is 11.9. The minimum Gasteiger partial charge on any atom is -0.356 e. The van der Waals surface area contributed by atoms with Gasteiger partial charge in [0.25, 0.3) is 0 Å². The normalized spacial score (nSPS) is 11.6. The van der Waals surface area contributed by atoms with Crippen molar-refractivity contribution >= 4 is 40.2 Å². The van der Waals surface area contributed by atoms with Gasteiger partial charge in [-0.15, -0.1) is 10.2 Å². The molecule has 1 unspecified atom stereocenters. The number of benzene rings is 1. The highest BCUT2D eigenvalue weighted by atomic mass is 32.2. The van der Waals surface area contributed by atoms with Crippen LogP contribution < -0.4 is 16.0 Å². The lowest BCUT2D eigenvalue weighted by atomic mass is 10.2. The molecule has 0 fully saturated rings. The molecule has 1 atom stereocenters. The van der Waals surface area contributed by atoms with E-state index in [1.807, 2.05) is 30.3 Å². The fourth-order valence-electron chi connectivity index (χ4n) is 1.73. The van der Waals surface area contributed by atoms with E-state index in [-0.39, 0.29) is 5.91 Å². The van der Waals surface area contributed by atoms with Gasteiger partial charge in [0.15, 0.2) is 4.34 Å². The molecule has 1 aromatic heterocycles. The van der Waals surface area contributed by atoms with Crippen molar-refractivity contribution in [2.24, 2.45) is 0 Å². The van der Waals surface area contributed by atoms with Crippen molar-refractivity contribution in [1.82, 2.24) is 20.8 Å². The number of nitrogens with one attached hydrogen (secondary N) is 3. The maximum absolute atomic E-state index is 11.9.